The molecule has 1 aliphatic heterocycles. The van der Waals surface area contributed by atoms with Crippen molar-refractivity contribution in [3.8, 4) is 0 Å². The largest absolute Gasteiger partial charge is 0.454 e. The summed E-state index contributed by atoms with van der Waals surface area (Å²) >= 11 is 0. The molecule has 1 saturated heterocycles. The summed E-state index contributed by atoms with van der Waals surface area (Å²) < 4.78 is 5.03. The van der Waals surface area contributed by atoms with Crippen molar-refractivity contribution in [1.29, 1.82) is 0 Å². The molecule has 2 fully saturated rings. The van der Waals surface area contributed by atoms with Gasteiger partial charge in [0, 0.05) is 11.1 Å². The van der Waals surface area contributed by atoms with Crippen molar-refractivity contribution in [2.45, 2.75) is 6.42 Å². The van der Waals surface area contributed by atoms with E-state index in [0.29, 0.717) is 5.69 Å². The van der Waals surface area contributed by atoms with Crippen LogP contribution in [0.4, 0.5) is 5.69 Å². The van der Waals surface area contributed by atoms with E-state index >= 15 is 0 Å². The first-order valence-corrected chi connectivity index (χ1v) is 10.00. The van der Waals surface area contributed by atoms with E-state index in [1.807, 2.05) is 48.6 Å². The Labute approximate surface area is 172 Å². The molecule has 1 N–H and O–H groups in total. The minimum absolute atomic E-state index is 0.0870. The number of imide groups is 1. The normalized spacial score (nSPS) is 26.3. The number of esters is 1. The van der Waals surface area contributed by atoms with Gasteiger partial charge in [-0.2, -0.15) is 0 Å². The van der Waals surface area contributed by atoms with Crippen LogP contribution in [-0.4, -0.2) is 41.7 Å². The third-order valence-electron chi connectivity index (χ3n) is 6.28. The number of anilines is 1. The van der Waals surface area contributed by atoms with Gasteiger partial charge in [0.25, 0.3) is 5.91 Å². The van der Waals surface area contributed by atoms with Crippen molar-refractivity contribution < 1.29 is 23.9 Å². The highest BCUT2D eigenvalue weighted by atomic mass is 16.5. The fourth-order valence-electron chi connectivity index (χ4n) is 4.96. The first kappa shape index (κ1) is 18.5. The Hall–Kier alpha value is -3.48. The van der Waals surface area contributed by atoms with Crippen molar-refractivity contribution in [2.75, 3.05) is 18.5 Å². The number of fused-ring (bicyclic) bond motifs is 6. The van der Waals surface area contributed by atoms with Crippen molar-refractivity contribution in [1.82, 2.24) is 4.90 Å². The van der Waals surface area contributed by atoms with Crippen LogP contribution in [0.3, 0.4) is 0 Å². The summed E-state index contributed by atoms with van der Waals surface area (Å²) in [6, 6.07) is 13.1. The molecule has 2 aromatic rings. The molecule has 3 aliphatic rings. The fraction of sp³-hybridized carbons (Fsp3) is 0.304. The van der Waals surface area contributed by atoms with Crippen molar-refractivity contribution in [2.24, 2.45) is 23.7 Å². The number of rotatable bonds is 5. The van der Waals surface area contributed by atoms with Crippen LogP contribution in [0.5, 0.6) is 0 Å². The van der Waals surface area contributed by atoms with Crippen LogP contribution < -0.4 is 5.32 Å². The molecule has 5 rings (SSSR count). The predicted molar refractivity (Wildman–Crippen MR) is 108 cm³/mol. The van der Waals surface area contributed by atoms with Gasteiger partial charge in [0.05, 0.1) is 11.8 Å². The molecule has 0 spiro atoms. The number of nitrogens with one attached hydrogen (secondary N) is 1. The number of amides is 3. The first-order chi connectivity index (χ1) is 14.5. The van der Waals surface area contributed by atoms with Crippen molar-refractivity contribution >= 4 is 40.2 Å². The zero-order valence-electron chi connectivity index (χ0n) is 16.1. The Kier molecular flexibility index (Phi) is 4.38. The lowest BCUT2D eigenvalue weighted by molar-refractivity contribution is -0.154. The maximum absolute atomic E-state index is 12.6. The number of nitrogens with zero attached hydrogens (tertiary/aromatic N) is 1. The van der Waals surface area contributed by atoms with Crippen molar-refractivity contribution in [3.05, 3.63) is 54.6 Å². The molecule has 152 valence electrons. The monoisotopic (exact) mass is 404 g/mol. The Morgan fingerprint density at radius 2 is 1.63 bits per heavy atom. The average Bonchev–Trinajstić information content (AvgIpc) is 3.43. The molecule has 30 heavy (non-hydrogen) atoms. The molecule has 1 heterocycles. The summed E-state index contributed by atoms with van der Waals surface area (Å²) in [5.41, 5.74) is 0.620. The quantitative estimate of drug-likeness (QED) is 0.468. The van der Waals surface area contributed by atoms with Crippen LogP contribution in [0.1, 0.15) is 6.42 Å². The highest BCUT2D eigenvalue weighted by Gasteiger charge is 2.59. The van der Waals surface area contributed by atoms with Gasteiger partial charge < -0.3 is 10.1 Å². The van der Waals surface area contributed by atoms with Crippen LogP contribution in [0.2, 0.25) is 0 Å². The minimum Gasteiger partial charge on any atom is -0.454 e. The van der Waals surface area contributed by atoms with Gasteiger partial charge in [0.2, 0.25) is 11.8 Å². The van der Waals surface area contributed by atoms with Gasteiger partial charge in [-0.05, 0) is 29.7 Å². The van der Waals surface area contributed by atoms with Gasteiger partial charge in [-0.25, -0.2) is 0 Å². The van der Waals surface area contributed by atoms with Gasteiger partial charge >= 0.3 is 5.97 Å². The Morgan fingerprint density at radius 3 is 2.37 bits per heavy atom. The molecular weight excluding hydrogens is 384 g/mol. The van der Waals surface area contributed by atoms with Crippen LogP contribution >= 0.6 is 0 Å². The lowest BCUT2D eigenvalue weighted by atomic mass is 9.85. The average molecular weight is 404 g/mol. The molecule has 0 unspecified atom stereocenters. The summed E-state index contributed by atoms with van der Waals surface area (Å²) in [7, 11) is 0. The van der Waals surface area contributed by atoms with Crippen LogP contribution in [0.15, 0.2) is 54.6 Å². The molecule has 3 amide bonds. The van der Waals surface area contributed by atoms with Crippen LogP contribution in [0, 0.1) is 23.7 Å². The van der Waals surface area contributed by atoms with E-state index in [4.69, 9.17) is 4.74 Å². The van der Waals surface area contributed by atoms with Gasteiger partial charge in [0.15, 0.2) is 6.61 Å². The summed E-state index contributed by atoms with van der Waals surface area (Å²) in [5.74, 6) is -2.40. The zero-order valence-corrected chi connectivity index (χ0v) is 16.1. The van der Waals surface area contributed by atoms with E-state index in [0.717, 1.165) is 22.1 Å². The minimum atomic E-state index is -0.773. The second-order valence-corrected chi connectivity index (χ2v) is 8.00. The third kappa shape index (κ3) is 2.98. The standard InChI is InChI=1S/C23H20N2O5/c26-18(24-17-7-3-5-13-4-1-2-6-16(13)17)12-30-19(27)11-25-22(28)20-14-8-9-15(10-14)21(20)23(25)29/h1-9,14-15,20-21H,10-12H2,(H,24,26)/t14-,15-,20+,21+/m0/s1. The molecule has 7 nitrogen and oxygen atoms in total. The second kappa shape index (κ2) is 7.09. The molecule has 2 aromatic carbocycles. The molecule has 7 heteroatoms. The molecular formula is C23H20N2O5. The van der Waals surface area contributed by atoms with Crippen LogP contribution in [-0.2, 0) is 23.9 Å². The highest BCUT2D eigenvalue weighted by Crippen LogP contribution is 2.52. The van der Waals surface area contributed by atoms with E-state index in [9.17, 15) is 19.2 Å². The molecule has 2 bridgehead atoms. The van der Waals surface area contributed by atoms with E-state index in [1.54, 1.807) is 6.07 Å². The molecule has 1 saturated carbocycles. The number of carbonyl (C=O) groups excluding carboxylic acids is 4. The number of hydrogen-bond donors (Lipinski definition) is 1. The maximum atomic E-state index is 12.6. The smallest absolute Gasteiger partial charge is 0.326 e. The van der Waals surface area contributed by atoms with Gasteiger partial charge in [0.1, 0.15) is 6.54 Å². The number of hydrogen-bond acceptors (Lipinski definition) is 5. The summed E-state index contributed by atoms with van der Waals surface area (Å²) in [4.78, 5) is 50.6. The molecule has 4 atom stereocenters. The summed E-state index contributed by atoms with van der Waals surface area (Å²) in [6.45, 7) is -0.941. The van der Waals surface area contributed by atoms with E-state index in [2.05, 4.69) is 5.32 Å². The molecule has 0 aromatic heterocycles. The van der Waals surface area contributed by atoms with E-state index < -0.39 is 25.0 Å². The van der Waals surface area contributed by atoms with Crippen molar-refractivity contribution in [3.63, 3.8) is 0 Å². The number of ether oxygens (including phenoxy) is 1. The first-order valence-electron chi connectivity index (χ1n) is 10.00. The van der Waals surface area contributed by atoms with Gasteiger partial charge in [-0.15, -0.1) is 0 Å². The Balaban J connectivity index is 1.17. The lowest BCUT2D eigenvalue weighted by Crippen LogP contribution is -2.38. The van der Waals surface area contributed by atoms with Gasteiger partial charge in [-0.1, -0.05) is 48.6 Å². The fourth-order valence-corrected chi connectivity index (χ4v) is 4.96. The number of carbonyl (C=O) groups is 4. The highest BCUT2D eigenvalue weighted by molar-refractivity contribution is 6.08. The number of allylic oxidation sites excluding steroid dienone is 2. The van der Waals surface area contributed by atoms with E-state index in [1.165, 1.54) is 0 Å². The second-order valence-electron chi connectivity index (χ2n) is 8.00. The number of benzene rings is 2. The summed E-state index contributed by atoms with van der Waals surface area (Å²) in [6.07, 6.45) is 4.83. The Bertz CT molecular complexity index is 1070. The predicted octanol–water partition coefficient (Wildman–Crippen LogP) is 2.13. The third-order valence-corrected chi connectivity index (χ3v) is 6.28. The zero-order chi connectivity index (χ0) is 20.8. The summed E-state index contributed by atoms with van der Waals surface area (Å²) in [5, 5.41) is 4.59. The van der Waals surface area contributed by atoms with Crippen LogP contribution in [0.25, 0.3) is 10.8 Å². The molecule has 0 radical (unpaired) electrons. The van der Waals surface area contributed by atoms with Gasteiger partial charge in [-0.3, -0.25) is 24.1 Å². The lowest BCUT2D eigenvalue weighted by Gasteiger charge is -2.16. The van der Waals surface area contributed by atoms with E-state index in [-0.39, 0.29) is 35.5 Å². The SMILES string of the molecule is O=C(COC(=O)CN1C(=O)[C@H]2[C@H](C1=O)[C@H]1C=C[C@H]2C1)Nc1cccc2ccccc12. The topological polar surface area (TPSA) is 92.8 Å². The maximum Gasteiger partial charge on any atom is 0.326 e. The molecule has 2 aliphatic carbocycles. The Morgan fingerprint density at radius 1 is 0.967 bits per heavy atom. The number of likely N-dealkylation sites (tertiary alicyclic amines) is 1.